The van der Waals surface area contributed by atoms with Gasteiger partial charge in [-0.3, -0.25) is 4.57 Å². The first-order chi connectivity index (χ1) is 13.2. The molecule has 0 spiro atoms. The fourth-order valence-electron chi connectivity index (χ4n) is 3.70. The van der Waals surface area contributed by atoms with Crippen molar-refractivity contribution in [2.24, 2.45) is 5.92 Å². The third-order valence-corrected chi connectivity index (χ3v) is 7.21. The van der Waals surface area contributed by atoms with Gasteiger partial charge in [0.25, 0.3) is 0 Å². The Hall–Kier alpha value is -1.85. The molecular formula is C22H25N3S2. The summed E-state index contributed by atoms with van der Waals surface area (Å²) in [6.45, 7) is 9.16. The number of aromatic nitrogens is 3. The molecule has 0 saturated heterocycles. The molecule has 2 aromatic heterocycles. The zero-order valence-electron chi connectivity index (χ0n) is 15.9. The van der Waals surface area contributed by atoms with E-state index in [9.17, 15) is 0 Å². The standard InChI is InChI=1S/C22H25N3S2/c1-4-10-25-21(19-14-26-20-12-16(3)8-9-18(19)20)23-24-22(25)27-13-17-7-5-6-15(2)11-17/h4-7,11,14,16H,1,8-10,12-13H2,2-3H3. The summed E-state index contributed by atoms with van der Waals surface area (Å²) in [6, 6.07) is 8.65. The zero-order chi connectivity index (χ0) is 18.8. The van der Waals surface area contributed by atoms with Gasteiger partial charge in [-0.1, -0.05) is 54.6 Å². The summed E-state index contributed by atoms with van der Waals surface area (Å²) in [4.78, 5) is 1.53. The second-order valence-electron chi connectivity index (χ2n) is 7.38. The molecule has 2 heterocycles. The molecule has 1 aliphatic rings. The molecule has 0 fully saturated rings. The van der Waals surface area contributed by atoms with Crippen molar-refractivity contribution in [1.82, 2.24) is 14.8 Å². The number of aryl methyl sites for hydroxylation is 1. The Kier molecular flexibility index (Phi) is 5.50. The number of nitrogens with zero attached hydrogens (tertiary/aromatic N) is 3. The summed E-state index contributed by atoms with van der Waals surface area (Å²) in [5.41, 5.74) is 5.38. The summed E-state index contributed by atoms with van der Waals surface area (Å²) < 4.78 is 2.22. The van der Waals surface area contributed by atoms with Gasteiger partial charge in [-0.25, -0.2) is 0 Å². The highest BCUT2D eigenvalue weighted by molar-refractivity contribution is 7.98. The smallest absolute Gasteiger partial charge is 0.192 e. The van der Waals surface area contributed by atoms with Gasteiger partial charge in [-0.2, -0.15) is 0 Å². The maximum Gasteiger partial charge on any atom is 0.192 e. The number of allylic oxidation sites excluding steroid dienone is 1. The van der Waals surface area contributed by atoms with E-state index in [1.54, 1.807) is 11.8 Å². The molecule has 0 N–H and O–H groups in total. The monoisotopic (exact) mass is 395 g/mol. The predicted molar refractivity (Wildman–Crippen MR) is 115 cm³/mol. The van der Waals surface area contributed by atoms with Crippen LogP contribution in [0.1, 0.15) is 34.9 Å². The van der Waals surface area contributed by atoms with Crippen LogP contribution in [0.3, 0.4) is 0 Å². The first kappa shape index (κ1) is 18.5. The Morgan fingerprint density at radius 3 is 3.07 bits per heavy atom. The van der Waals surface area contributed by atoms with Crippen LogP contribution in [0.2, 0.25) is 0 Å². The number of hydrogen-bond acceptors (Lipinski definition) is 4. The number of benzene rings is 1. The molecule has 27 heavy (non-hydrogen) atoms. The van der Waals surface area contributed by atoms with E-state index in [0.29, 0.717) is 0 Å². The van der Waals surface area contributed by atoms with Gasteiger partial charge in [-0.15, -0.1) is 28.1 Å². The van der Waals surface area contributed by atoms with Crippen LogP contribution in [0, 0.1) is 12.8 Å². The van der Waals surface area contributed by atoms with Gasteiger partial charge >= 0.3 is 0 Å². The quantitative estimate of drug-likeness (QED) is 0.383. The van der Waals surface area contributed by atoms with E-state index in [-0.39, 0.29) is 0 Å². The molecular weight excluding hydrogens is 370 g/mol. The van der Waals surface area contributed by atoms with Crippen LogP contribution >= 0.6 is 23.1 Å². The third-order valence-electron chi connectivity index (χ3n) is 5.12. The van der Waals surface area contributed by atoms with E-state index in [4.69, 9.17) is 0 Å². The molecule has 4 rings (SSSR count). The fourth-order valence-corrected chi connectivity index (χ4v) is 5.84. The minimum atomic E-state index is 0.736. The van der Waals surface area contributed by atoms with Gasteiger partial charge in [0.1, 0.15) is 0 Å². The second-order valence-corrected chi connectivity index (χ2v) is 9.29. The second kappa shape index (κ2) is 8.03. The normalized spacial score (nSPS) is 16.3. The first-order valence-corrected chi connectivity index (χ1v) is 11.3. The Morgan fingerprint density at radius 1 is 1.37 bits per heavy atom. The van der Waals surface area contributed by atoms with Gasteiger partial charge in [-0.05, 0) is 43.2 Å². The van der Waals surface area contributed by atoms with Gasteiger partial charge in [0, 0.05) is 28.1 Å². The third kappa shape index (κ3) is 3.90. The number of rotatable bonds is 6. The maximum atomic E-state index is 4.59. The maximum absolute atomic E-state index is 4.59. The lowest BCUT2D eigenvalue weighted by Gasteiger charge is -2.19. The van der Waals surface area contributed by atoms with Gasteiger partial charge in [0.15, 0.2) is 11.0 Å². The molecule has 3 nitrogen and oxygen atoms in total. The summed E-state index contributed by atoms with van der Waals surface area (Å²) >= 11 is 3.63. The lowest BCUT2D eigenvalue weighted by atomic mass is 9.88. The summed E-state index contributed by atoms with van der Waals surface area (Å²) in [5.74, 6) is 2.68. The molecule has 1 aliphatic carbocycles. The lowest BCUT2D eigenvalue weighted by Crippen LogP contribution is -2.10. The van der Waals surface area contributed by atoms with E-state index in [2.05, 4.69) is 64.8 Å². The summed E-state index contributed by atoms with van der Waals surface area (Å²) in [5, 5.41) is 12.4. The Bertz CT molecular complexity index is 954. The highest BCUT2D eigenvalue weighted by atomic mass is 32.2. The molecule has 0 aliphatic heterocycles. The van der Waals surface area contributed by atoms with Crippen molar-refractivity contribution >= 4 is 23.1 Å². The van der Waals surface area contributed by atoms with Crippen LogP contribution in [-0.2, 0) is 25.1 Å². The van der Waals surface area contributed by atoms with Crippen LogP contribution < -0.4 is 0 Å². The highest BCUT2D eigenvalue weighted by Gasteiger charge is 2.24. The lowest BCUT2D eigenvalue weighted by molar-refractivity contribution is 0.508. The van der Waals surface area contributed by atoms with Crippen molar-refractivity contribution in [2.75, 3.05) is 0 Å². The van der Waals surface area contributed by atoms with Crippen LogP contribution in [-0.4, -0.2) is 14.8 Å². The minimum Gasteiger partial charge on any atom is -0.298 e. The van der Waals surface area contributed by atoms with Crippen LogP contribution in [0.15, 0.2) is 47.5 Å². The molecule has 5 heteroatoms. The minimum absolute atomic E-state index is 0.736. The summed E-state index contributed by atoms with van der Waals surface area (Å²) in [7, 11) is 0. The van der Waals surface area contributed by atoms with E-state index < -0.39 is 0 Å². The van der Waals surface area contributed by atoms with Crippen LogP contribution in [0.5, 0.6) is 0 Å². The topological polar surface area (TPSA) is 30.7 Å². The van der Waals surface area contributed by atoms with Crippen molar-refractivity contribution in [1.29, 1.82) is 0 Å². The molecule has 3 aromatic rings. The van der Waals surface area contributed by atoms with Crippen LogP contribution in [0.4, 0.5) is 0 Å². The molecule has 1 aromatic carbocycles. The molecule has 0 radical (unpaired) electrons. The van der Waals surface area contributed by atoms with Crippen molar-refractivity contribution in [3.8, 4) is 11.4 Å². The number of thioether (sulfide) groups is 1. The number of fused-ring (bicyclic) bond motifs is 1. The number of thiophene rings is 1. The fraction of sp³-hybridized carbons (Fsp3) is 0.364. The Balaban J connectivity index is 1.62. The molecule has 1 unspecified atom stereocenters. The largest absolute Gasteiger partial charge is 0.298 e. The SMILES string of the molecule is C=CCn1c(SCc2cccc(C)c2)nnc1-c1csc2c1CCC(C)C2. The van der Waals surface area contributed by atoms with E-state index >= 15 is 0 Å². The van der Waals surface area contributed by atoms with Crippen molar-refractivity contribution in [3.05, 3.63) is 63.9 Å². The molecule has 0 saturated carbocycles. The Labute approximate surface area is 169 Å². The molecule has 0 amide bonds. The highest BCUT2D eigenvalue weighted by Crippen LogP contribution is 2.38. The first-order valence-electron chi connectivity index (χ1n) is 9.47. The van der Waals surface area contributed by atoms with Crippen molar-refractivity contribution < 1.29 is 0 Å². The van der Waals surface area contributed by atoms with Gasteiger partial charge < -0.3 is 0 Å². The van der Waals surface area contributed by atoms with E-state index in [1.807, 2.05) is 17.4 Å². The van der Waals surface area contributed by atoms with E-state index in [0.717, 1.165) is 35.6 Å². The van der Waals surface area contributed by atoms with Gasteiger partial charge in [0.2, 0.25) is 0 Å². The van der Waals surface area contributed by atoms with Crippen molar-refractivity contribution in [2.45, 2.75) is 50.6 Å². The molecule has 140 valence electrons. The number of hydrogen-bond donors (Lipinski definition) is 0. The molecule has 1 atom stereocenters. The van der Waals surface area contributed by atoms with Crippen LogP contribution in [0.25, 0.3) is 11.4 Å². The van der Waals surface area contributed by atoms with Crippen molar-refractivity contribution in [3.63, 3.8) is 0 Å². The average Bonchev–Trinajstić information content (AvgIpc) is 3.24. The molecule has 0 bridgehead atoms. The Morgan fingerprint density at radius 2 is 2.26 bits per heavy atom. The summed E-state index contributed by atoms with van der Waals surface area (Å²) in [6.07, 6.45) is 5.55. The van der Waals surface area contributed by atoms with Gasteiger partial charge in [0.05, 0.1) is 0 Å². The predicted octanol–water partition coefficient (Wildman–Crippen LogP) is 5.92. The zero-order valence-corrected chi connectivity index (χ0v) is 17.6. The average molecular weight is 396 g/mol. The van der Waals surface area contributed by atoms with E-state index in [1.165, 1.54) is 40.0 Å².